The molecule has 114 valence electrons. The lowest BCUT2D eigenvalue weighted by molar-refractivity contribution is -0.118. The van der Waals surface area contributed by atoms with E-state index in [0.717, 1.165) is 12.0 Å². The Morgan fingerprint density at radius 2 is 2.33 bits per heavy atom. The van der Waals surface area contributed by atoms with Gasteiger partial charge >= 0.3 is 0 Å². The van der Waals surface area contributed by atoms with Crippen LogP contribution in [0.3, 0.4) is 0 Å². The number of rotatable bonds is 8. The summed E-state index contributed by atoms with van der Waals surface area (Å²) < 4.78 is 15.6. The van der Waals surface area contributed by atoms with Crippen LogP contribution in [0.5, 0.6) is 0 Å². The van der Waals surface area contributed by atoms with Gasteiger partial charge < -0.3 is 18.9 Å². The van der Waals surface area contributed by atoms with E-state index < -0.39 is 0 Å². The third-order valence-electron chi connectivity index (χ3n) is 2.67. The first-order valence-corrected chi connectivity index (χ1v) is 7.45. The summed E-state index contributed by atoms with van der Waals surface area (Å²) in [7, 11) is 1.63. The van der Waals surface area contributed by atoms with Gasteiger partial charge in [-0.3, -0.25) is 4.79 Å². The Labute approximate surface area is 126 Å². The number of carbonyl (C=O) groups excluding carboxylic acids is 1. The molecular formula is C13H17N3O4S. The number of nitrogens with zero attached hydrogens (tertiary/aromatic N) is 2. The van der Waals surface area contributed by atoms with Crippen molar-refractivity contribution in [3.8, 4) is 11.5 Å². The average Bonchev–Trinajstić information content (AvgIpc) is 3.10. The van der Waals surface area contributed by atoms with Crippen LogP contribution >= 0.6 is 11.8 Å². The molecule has 21 heavy (non-hydrogen) atoms. The van der Waals surface area contributed by atoms with Gasteiger partial charge in [0.1, 0.15) is 5.76 Å². The summed E-state index contributed by atoms with van der Waals surface area (Å²) in [6.45, 7) is 3.04. The van der Waals surface area contributed by atoms with Crippen LogP contribution < -0.4 is 5.32 Å². The molecule has 7 nitrogen and oxygen atoms in total. The predicted octanol–water partition coefficient (Wildman–Crippen LogP) is 1.88. The van der Waals surface area contributed by atoms with Gasteiger partial charge in [0.15, 0.2) is 0 Å². The molecule has 2 aromatic heterocycles. The second-order valence-corrected chi connectivity index (χ2v) is 5.18. The standard InChI is InChI=1S/C13H17N3O4S/c1-9-10(4-7-19-9)12-15-16-13(20-12)21-8-11(17)14-5-3-6-18-2/h4,7H,3,5-6,8H2,1-2H3,(H,14,17). The maximum absolute atomic E-state index is 11.6. The fraction of sp³-hybridized carbons (Fsp3) is 0.462. The Morgan fingerprint density at radius 3 is 3.05 bits per heavy atom. The first kappa shape index (κ1) is 15.6. The lowest BCUT2D eigenvalue weighted by Gasteiger charge is -2.02. The number of aryl methyl sites for hydroxylation is 1. The summed E-state index contributed by atoms with van der Waals surface area (Å²) in [5, 5.41) is 11.0. The molecule has 8 heteroatoms. The lowest BCUT2D eigenvalue weighted by Crippen LogP contribution is -2.26. The fourth-order valence-electron chi connectivity index (χ4n) is 1.61. The minimum absolute atomic E-state index is 0.0738. The van der Waals surface area contributed by atoms with E-state index in [1.54, 1.807) is 19.4 Å². The van der Waals surface area contributed by atoms with E-state index >= 15 is 0 Å². The van der Waals surface area contributed by atoms with Gasteiger partial charge in [0, 0.05) is 20.3 Å². The average molecular weight is 311 g/mol. The third-order valence-corrected chi connectivity index (χ3v) is 3.49. The van der Waals surface area contributed by atoms with Crippen molar-refractivity contribution in [2.24, 2.45) is 0 Å². The molecule has 2 aromatic rings. The smallest absolute Gasteiger partial charge is 0.277 e. The monoisotopic (exact) mass is 311 g/mol. The van der Waals surface area contributed by atoms with Gasteiger partial charge in [-0.25, -0.2) is 0 Å². The van der Waals surface area contributed by atoms with Crippen LogP contribution in [0.2, 0.25) is 0 Å². The predicted molar refractivity (Wildman–Crippen MR) is 77.0 cm³/mol. The molecule has 0 aliphatic carbocycles. The highest BCUT2D eigenvalue weighted by atomic mass is 32.2. The van der Waals surface area contributed by atoms with Crippen LogP contribution in [0.4, 0.5) is 0 Å². The van der Waals surface area contributed by atoms with Crippen LogP contribution in [0.25, 0.3) is 11.5 Å². The molecule has 2 rings (SSSR count). The number of furan rings is 1. The van der Waals surface area contributed by atoms with E-state index in [9.17, 15) is 4.79 Å². The molecular weight excluding hydrogens is 294 g/mol. The van der Waals surface area contributed by atoms with E-state index in [0.29, 0.717) is 30.0 Å². The first-order valence-electron chi connectivity index (χ1n) is 6.47. The Balaban J connectivity index is 1.78. The van der Waals surface area contributed by atoms with Gasteiger partial charge in [-0.15, -0.1) is 10.2 Å². The molecule has 0 radical (unpaired) electrons. The summed E-state index contributed by atoms with van der Waals surface area (Å²) in [4.78, 5) is 11.6. The number of hydrogen-bond donors (Lipinski definition) is 1. The van der Waals surface area contributed by atoms with Gasteiger partial charge in [-0.05, 0) is 19.4 Å². The number of methoxy groups -OCH3 is 1. The second-order valence-electron chi connectivity index (χ2n) is 4.25. The first-order chi connectivity index (χ1) is 10.2. The Bertz CT molecular complexity index is 581. The molecule has 0 fully saturated rings. The molecule has 0 aliphatic rings. The minimum Gasteiger partial charge on any atom is -0.469 e. The fourth-order valence-corrected chi connectivity index (χ4v) is 2.20. The van der Waals surface area contributed by atoms with Crippen LogP contribution in [0.1, 0.15) is 12.2 Å². The van der Waals surface area contributed by atoms with E-state index in [-0.39, 0.29) is 11.7 Å². The van der Waals surface area contributed by atoms with Crippen molar-refractivity contribution >= 4 is 17.7 Å². The third kappa shape index (κ3) is 4.61. The highest BCUT2D eigenvalue weighted by Gasteiger charge is 2.14. The Kier molecular flexibility index (Phi) is 5.82. The van der Waals surface area contributed by atoms with Crippen molar-refractivity contribution in [1.29, 1.82) is 0 Å². The summed E-state index contributed by atoms with van der Waals surface area (Å²) in [6, 6.07) is 1.76. The summed E-state index contributed by atoms with van der Waals surface area (Å²) in [5.41, 5.74) is 0.762. The molecule has 0 aliphatic heterocycles. The van der Waals surface area contributed by atoms with Gasteiger partial charge in [0.25, 0.3) is 11.1 Å². The van der Waals surface area contributed by atoms with Gasteiger partial charge in [-0.2, -0.15) is 0 Å². The van der Waals surface area contributed by atoms with Gasteiger partial charge in [0.05, 0.1) is 17.6 Å². The molecule has 0 spiro atoms. The number of amides is 1. The van der Waals surface area contributed by atoms with Crippen molar-refractivity contribution in [1.82, 2.24) is 15.5 Å². The lowest BCUT2D eigenvalue weighted by atomic mass is 10.3. The molecule has 1 N–H and O–H groups in total. The number of hydrogen-bond acceptors (Lipinski definition) is 7. The summed E-state index contributed by atoms with van der Waals surface area (Å²) in [5.74, 6) is 1.27. The van der Waals surface area contributed by atoms with Crippen LogP contribution in [-0.2, 0) is 9.53 Å². The van der Waals surface area contributed by atoms with Crippen LogP contribution in [0.15, 0.2) is 26.4 Å². The second kappa shape index (κ2) is 7.84. The van der Waals surface area contributed by atoms with Crippen molar-refractivity contribution in [3.05, 3.63) is 18.1 Å². The largest absolute Gasteiger partial charge is 0.469 e. The highest BCUT2D eigenvalue weighted by molar-refractivity contribution is 7.99. The minimum atomic E-state index is -0.0738. The Hall–Kier alpha value is -1.80. The molecule has 1 amide bonds. The quantitative estimate of drug-likeness (QED) is 0.588. The molecule has 0 saturated carbocycles. The molecule has 0 aromatic carbocycles. The highest BCUT2D eigenvalue weighted by Crippen LogP contribution is 2.25. The number of carbonyl (C=O) groups is 1. The van der Waals surface area contributed by atoms with Crippen molar-refractivity contribution in [2.75, 3.05) is 26.0 Å². The van der Waals surface area contributed by atoms with Crippen LogP contribution in [0, 0.1) is 6.92 Å². The molecule has 0 bridgehead atoms. The normalized spacial score (nSPS) is 10.8. The molecule has 0 atom stereocenters. The van der Waals surface area contributed by atoms with Gasteiger partial charge in [0.2, 0.25) is 5.91 Å². The molecule has 2 heterocycles. The van der Waals surface area contributed by atoms with E-state index in [4.69, 9.17) is 13.6 Å². The molecule has 0 saturated heterocycles. The summed E-state index contributed by atoms with van der Waals surface area (Å²) >= 11 is 1.20. The van der Waals surface area contributed by atoms with Crippen molar-refractivity contribution in [3.63, 3.8) is 0 Å². The zero-order valence-corrected chi connectivity index (χ0v) is 12.7. The van der Waals surface area contributed by atoms with E-state index in [2.05, 4.69) is 15.5 Å². The maximum atomic E-state index is 11.6. The zero-order valence-electron chi connectivity index (χ0n) is 11.9. The number of aromatic nitrogens is 2. The van der Waals surface area contributed by atoms with Crippen molar-refractivity contribution < 1.29 is 18.4 Å². The van der Waals surface area contributed by atoms with Crippen LogP contribution in [-0.4, -0.2) is 42.1 Å². The number of thioether (sulfide) groups is 1. The van der Waals surface area contributed by atoms with Gasteiger partial charge in [-0.1, -0.05) is 11.8 Å². The summed E-state index contributed by atoms with van der Waals surface area (Å²) in [6.07, 6.45) is 2.35. The molecule has 0 unspecified atom stereocenters. The van der Waals surface area contributed by atoms with E-state index in [1.807, 2.05) is 6.92 Å². The zero-order chi connectivity index (χ0) is 15.1. The number of nitrogens with one attached hydrogen (secondary N) is 1. The topological polar surface area (TPSA) is 90.4 Å². The van der Waals surface area contributed by atoms with E-state index in [1.165, 1.54) is 11.8 Å². The van der Waals surface area contributed by atoms with Crippen molar-refractivity contribution in [2.45, 2.75) is 18.6 Å². The Morgan fingerprint density at radius 1 is 1.48 bits per heavy atom. The number of ether oxygens (including phenoxy) is 1. The SMILES string of the molecule is COCCCNC(=O)CSc1nnc(-c2ccoc2C)o1. The maximum Gasteiger partial charge on any atom is 0.277 e.